The van der Waals surface area contributed by atoms with Gasteiger partial charge in [0.1, 0.15) is 12.4 Å². The van der Waals surface area contributed by atoms with Crippen LogP contribution in [0.15, 0.2) is 24.5 Å². The molecule has 0 aliphatic carbocycles. The van der Waals surface area contributed by atoms with Gasteiger partial charge >= 0.3 is 6.18 Å². The monoisotopic (exact) mass is 551 g/mol. The minimum absolute atomic E-state index is 0.0891. The Bertz CT molecular complexity index is 1320. The Balaban J connectivity index is 1.54. The van der Waals surface area contributed by atoms with E-state index < -0.39 is 18.1 Å². The number of alkyl halides is 3. The van der Waals surface area contributed by atoms with Crippen LogP contribution < -0.4 is 5.32 Å². The maximum absolute atomic E-state index is 13.5. The number of carbonyl (C=O) groups excluding carboxylic acids is 1. The lowest BCUT2D eigenvalue weighted by atomic mass is 9.96. The van der Waals surface area contributed by atoms with Gasteiger partial charge in [-0.1, -0.05) is 11.6 Å². The van der Waals surface area contributed by atoms with E-state index in [2.05, 4.69) is 34.0 Å². The largest absolute Gasteiger partial charge is 0.408 e. The molecule has 0 spiro atoms. The van der Waals surface area contributed by atoms with Crippen LogP contribution in [0.3, 0.4) is 0 Å². The van der Waals surface area contributed by atoms with Crippen molar-refractivity contribution >= 4 is 39.1 Å². The average molecular weight is 552 g/mol. The van der Waals surface area contributed by atoms with Crippen molar-refractivity contribution in [2.75, 3.05) is 13.1 Å². The van der Waals surface area contributed by atoms with Crippen molar-refractivity contribution in [1.82, 2.24) is 25.1 Å². The Morgan fingerprint density at radius 3 is 2.57 bits per heavy atom. The zero-order valence-electron chi connectivity index (χ0n) is 20.9. The second kappa shape index (κ2) is 10.1. The Hall–Kier alpha value is -2.27. The summed E-state index contributed by atoms with van der Waals surface area (Å²) in [5.41, 5.74) is 4.42. The molecule has 3 atom stereocenters. The number of rotatable bonds is 5. The molecule has 1 N–H and O–H groups in total. The number of aryl methyl sites for hydroxylation is 1. The third kappa shape index (κ3) is 5.21. The highest BCUT2D eigenvalue weighted by atomic mass is 35.5. The maximum atomic E-state index is 13.5. The Labute approximate surface area is 222 Å². The van der Waals surface area contributed by atoms with Crippen LogP contribution in [0.1, 0.15) is 42.7 Å². The molecule has 2 fully saturated rings. The van der Waals surface area contributed by atoms with Crippen LogP contribution in [0.25, 0.3) is 21.5 Å². The van der Waals surface area contributed by atoms with E-state index in [1.54, 1.807) is 6.07 Å². The number of halogens is 4. The lowest BCUT2D eigenvalue weighted by Crippen LogP contribution is -2.54. The number of aromatic nitrogens is 2. The number of benzene rings is 1. The fraction of sp³-hybridized carbons (Fsp3) is 0.500. The molecule has 1 aromatic carbocycles. The Morgan fingerprint density at radius 2 is 1.86 bits per heavy atom. The van der Waals surface area contributed by atoms with Crippen LogP contribution in [-0.4, -0.2) is 63.1 Å². The molecule has 198 valence electrons. The minimum Gasteiger partial charge on any atom is -0.325 e. The number of hydrogen-bond donors (Lipinski definition) is 1. The number of likely N-dealkylation sites (tertiary alicyclic amines) is 1. The van der Waals surface area contributed by atoms with E-state index in [-0.39, 0.29) is 19.4 Å². The molecule has 2 aliphatic rings. The van der Waals surface area contributed by atoms with Gasteiger partial charge in [-0.3, -0.25) is 9.69 Å². The first-order valence-corrected chi connectivity index (χ1v) is 13.6. The van der Waals surface area contributed by atoms with Crippen molar-refractivity contribution in [3.8, 4) is 11.3 Å². The highest BCUT2D eigenvalue weighted by Crippen LogP contribution is 2.39. The normalized spacial score (nSPS) is 23.4. The van der Waals surface area contributed by atoms with Crippen molar-refractivity contribution in [2.45, 2.75) is 71.0 Å². The van der Waals surface area contributed by atoms with Gasteiger partial charge in [-0.2, -0.15) is 13.2 Å². The second-order valence-electron chi connectivity index (χ2n) is 10.0. The summed E-state index contributed by atoms with van der Waals surface area (Å²) < 4.78 is 41.3. The van der Waals surface area contributed by atoms with Crippen molar-refractivity contribution in [2.24, 2.45) is 0 Å². The molecule has 11 heteroatoms. The number of hydrogen-bond acceptors (Lipinski definition) is 6. The van der Waals surface area contributed by atoms with Gasteiger partial charge in [0.2, 0.25) is 5.91 Å². The zero-order valence-corrected chi connectivity index (χ0v) is 22.5. The predicted octanol–water partition coefficient (Wildman–Crippen LogP) is 5.56. The van der Waals surface area contributed by atoms with Crippen LogP contribution >= 0.6 is 22.9 Å². The van der Waals surface area contributed by atoms with Crippen molar-refractivity contribution < 1.29 is 18.0 Å². The van der Waals surface area contributed by atoms with Crippen LogP contribution in [0, 0.1) is 6.92 Å². The molecule has 37 heavy (non-hydrogen) atoms. The van der Waals surface area contributed by atoms with Crippen LogP contribution in [0.4, 0.5) is 13.2 Å². The zero-order chi connectivity index (χ0) is 26.5. The van der Waals surface area contributed by atoms with E-state index >= 15 is 0 Å². The lowest BCUT2D eigenvalue weighted by molar-refractivity contribution is -0.181. The van der Waals surface area contributed by atoms with E-state index in [0.29, 0.717) is 33.2 Å². The third-order valence-corrected chi connectivity index (χ3v) is 8.77. The van der Waals surface area contributed by atoms with Gasteiger partial charge in [0, 0.05) is 53.6 Å². The fourth-order valence-electron chi connectivity index (χ4n) is 5.47. The van der Waals surface area contributed by atoms with Gasteiger partial charge in [0.15, 0.2) is 0 Å². The molecule has 6 nitrogen and oxygen atoms in total. The van der Waals surface area contributed by atoms with Gasteiger partial charge in [0.05, 0.1) is 22.5 Å². The van der Waals surface area contributed by atoms with E-state index in [1.165, 1.54) is 17.7 Å². The molecule has 1 amide bonds. The molecular weight excluding hydrogens is 523 g/mol. The first kappa shape index (κ1) is 26.3. The van der Waals surface area contributed by atoms with E-state index in [1.807, 2.05) is 19.1 Å². The van der Waals surface area contributed by atoms with E-state index in [0.717, 1.165) is 45.9 Å². The smallest absolute Gasteiger partial charge is 0.325 e. The summed E-state index contributed by atoms with van der Waals surface area (Å²) in [5.74, 6) is -0.474. The summed E-state index contributed by atoms with van der Waals surface area (Å²) in [7, 11) is 0. The third-order valence-electron chi connectivity index (χ3n) is 7.44. The number of fused-ring (bicyclic) bond motifs is 1. The number of carbonyl (C=O) groups is 1. The second-order valence-corrected chi connectivity index (χ2v) is 11.6. The first-order chi connectivity index (χ1) is 17.5. The predicted molar refractivity (Wildman–Crippen MR) is 140 cm³/mol. The summed E-state index contributed by atoms with van der Waals surface area (Å²) in [4.78, 5) is 25.3. The number of nitrogens with zero attached hydrogens (tertiary/aromatic N) is 4. The van der Waals surface area contributed by atoms with Gasteiger partial charge < -0.3 is 10.2 Å². The molecule has 2 aliphatic heterocycles. The molecule has 0 unspecified atom stereocenters. The Kier molecular flexibility index (Phi) is 7.21. The standard InChI is InChI=1S/C26H29ClF3N5OS/c1-14-6-17(27)7-19(20(14)12-34-15(2)9-31-10-16(34)3)24-25-21(32-13-33-24)8-18(37-25)11-35-22(26(28,29)30)4-5-23(35)36/h6-8,13,15-16,22,31H,4-5,9-12H2,1-3H3/t15-,16-,22-/m0/s1. The molecule has 2 aromatic heterocycles. The summed E-state index contributed by atoms with van der Waals surface area (Å²) >= 11 is 7.84. The van der Waals surface area contributed by atoms with Gasteiger partial charge in [-0.05, 0) is 56.5 Å². The van der Waals surface area contributed by atoms with E-state index in [4.69, 9.17) is 11.6 Å². The SMILES string of the molecule is Cc1cc(Cl)cc(-c2ncnc3cc(CN4C(=O)CC[C@H]4C(F)(F)F)sc23)c1CN1[C@@H](C)CNC[C@@H]1C. The molecule has 5 rings (SSSR count). The molecule has 2 saturated heterocycles. The quantitative estimate of drug-likeness (QED) is 0.450. The topological polar surface area (TPSA) is 61.4 Å². The highest BCUT2D eigenvalue weighted by Gasteiger charge is 2.49. The average Bonchev–Trinajstić information content (AvgIpc) is 3.40. The molecule has 0 saturated carbocycles. The number of nitrogens with one attached hydrogen (secondary N) is 1. The fourth-order valence-corrected chi connectivity index (χ4v) is 6.86. The number of amides is 1. The van der Waals surface area contributed by atoms with Crippen LogP contribution in [0.5, 0.6) is 0 Å². The summed E-state index contributed by atoms with van der Waals surface area (Å²) in [5, 5.41) is 4.06. The first-order valence-electron chi connectivity index (χ1n) is 12.4. The van der Waals surface area contributed by atoms with Crippen molar-refractivity contribution in [1.29, 1.82) is 0 Å². The molecule has 0 bridgehead atoms. The lowest BCUT2D eigenvalue weighted by Gasteiger charge is -2.40. The molecule has 0 radical (unpaired) electrons. The summed E-state index contributed by atoms with van der Waals surface area (Å²) in [6, 6.07) is 4.58. The minimum atomic E-state index is -4.45. The van der Waals surface area contributed by atoms with E-state index in [9.17, 15) is 18.0 Å². The molecule has 4 heterocycles. The van der Waals surface area contributed by atoms with Crippen LogP contribution in [-0.2, 0) is 17.9 Å². The van der Waals surface area contributed by atoms with Gasteiger partial charge in [-0.15, -0.1) is 11.3 Å². The molecule has 3 aromatic rings. The number of piperazine rings is 1. The van der Waals surface area contributed by atoms with Gasteiger partial charge in [-0.25, -0.2) is 9.97 Å². The van der Waals surface area contributed by atoms with Crippen molar-refractivity contribution in [3.05, 3.63) is 45.6 Å². The maximum Gasteiger partial charge on any atom is 0.408 e. The molecular formula is C26H29ClF3N5OS. The Morgan fingerprint density at radius 1 is 1.14 bits per heavy atom. The summed E-state index contributed by atoms with van der Waals surface area (Å²) in [6.07, 6.45) is -3.26. The summed E-state index contributed by atoms with van der Waals surface area (Å²) in [6.45, 7) is 8.89. The number of thiophene rings is 1. The van der Waals surface area contributed by atoms with Crippen LogP contribution in [0.2, 0.25) is 5.02 Å². The highest BCUT2D eigenvalue weighted by molar-refractivity contribution is 7.19. The van der Waals surface area contributed by atoms with Gasteiger partial charge in [0.25, 0.3) is 0 Å². The van der Waals surface area contributed by atoms with Crippen molar-refractivity contribution in [3.63, 3.8) is 0 Å².